The van der Waals surface area contributed by atoms with Crippen LogP contribution in [0.1, 0.15) is 195 Å². The van der Waals surface area contributed by atoms with Crippen molar-refractivity contribution in [3.63, 3.8) is 0 Å². The van der Waals surface area contributed by atoms with E-state index in [2.05, 4.69) is 13.8 Å². The summed E-state index contributed by atoms with van der Waals surface area (Å²) < 4.78 is 17.2. The fourth-order valence-electron chi connectivity index (χ4n) is 6.14. The lowest BCUT2D eigenvalue weighted by atomic mass is 10.0. The number of carbonyl (C=O) groups is 2. The van der Waals surface area contributed by atoms with E-state index < -0.39 is 5.79 Å². The van der Waals surface area contributed by atoms with Crippen LogP contribution in [-0.2, 0) is 23.8 Å². The van der Waals surface area contributed by atoms with Crippen molar-refractivity contribution in [2.75, 3.05) is 26.3 Å². The Kier molecular flexibility index (Phi) is 26.1. The summed E-state index contributed by atoms with van der Waals surface area (Å²) in [6, 6.07) is 0. The van der Waals surface area contributed by atoms with Crippen LogP contribution in [0.25, 0.3) is 0 Å². The molecule has 1 saturated heterocycles. The molecule has 0 aliphatic carbocycles. The van der Waals surface area contributed by atoms with Gasteiger partial charge >= 0.3 is 5.97 Å². The summed E-state index contributed by atoms with van der Waals surface area (Å²) in [5.74, 6) is -0.947. The quantitative estimate of drug-likeness (QED) is 0.0568. The van der Waals surface area contributed by atoms with Gasteiger partial charge in [0.25, 0.3) is 0 Å². The number of ether oxygens (including phenoxy) is 3. The predicted molar refractivity (Wildman–Crippen MR) is 184 cm³/mol. The van der Waals surface area contributed by atoms with E-state index in [9.17, 15) is 9.59 Å². The smallest absolute Gasteiger partial charge is 0.325 e. The summed E-state index contributed by atoms with van der Waals surface area (Å²) >= 11 is 0. The number of hydrogen-bond donors (Lipinski definition) is 0. The van der Waals surface area contributed by atoms with Gasteiger partial charge in [0.2, 0.25) is 5.91 Å². The molecule has 0 aromatic carbocycles. The molecule has 1 aliphatic heterocycles. The first-order valence-electron chi connectivity index (χ1n) is 19.1. The minimum absolute atomic E-state index is 0.00434. The van der Waals surface area contributed by atoms with E-state index in [0.29, 0.717) is 26.2 Å². The third-order valence-corrected chi connectivity index (χ3v) is 8.92. The van der Waals surface area contributed by atoms with Gasteiger partial charge in [-0.2, -0.15) is 0 Å². The van der Waals surface area contributed by atoms with Crippen molar-refractivity contribution in [1.82, 2.24) is 4.90 Å². The van der Waals surface area contributed by atoms with Gasteiger partial charge in [0.1, 0.15) is 12.6 Å². The lowest BCUT2D eigenvalue weighted by Gasteiger charge is -2.25. The number of carbonyl (C=O) groups excluding carboxylic acids is 2. The first-order valence-corrected chi connectivity index (χ1v) is 19.1. The zero-order chi connectivity index (χ0) is 32.1. The Morgan fingerprint density at radius 1 is 0.636 bits per heavy atom. The highest BCUT2D eigenvalue weighted by atomic mass is 16.7. The summed E-state index contributed by atoms with van der Waals surface area (Å²) in [4.78, 5) is 27.4. The molecule has 260 valence electrons. The SMILES string of the molecule is CCCCCCCCCCCCCCCCCC(=O)N(CC(=O)OCCCCCCCCCCCC)CC1COC(C)(C)O1. The molecular weight excluding hydrogens is 550 g/mol. The van der Waals surface area contributed by atoms with Crippen LogP contribution in [-0.4, -0.2) is 55.0 Å². The fraction of sp³-hybridized carbons (Fsp3) is 0.947. The zero-order valence-corrected chi connectivity index (χ0v) is 29.8. The van der Waals surface area contributed by atoms with Gasteiger partial charge < -0.3 is 19.1 Å². The van der Waals surface area contributed by atoms with Crippen LogP contribution < -0.4 is 0 Å². The Bertz CT molecular complexity index is 682. The number of hydrogen-bond acceptors (Lipinski definition) is 5. The van der Waals surface area contributed by atoms with Crippen LogP contribution in [0.5, 0.6) is 0 Å². The molecule has 0 bridgehead atoms. The Morgan fingerprint density at radius 2 is 1.05 bits per heavy atom. The van der Waals surface area contributed by atoms with Gasteiger partial charge in [-0.1, -0.05) is 162 Å². The van der Waals surface area contributed by atoms with E-state index in [4.69, 9.17) is 14.2 Å². The molecule has 1 heterocycles. The van der Waals surface area contributed by atoms with E-state index in [1.165, 1.54) is 135 Å². The van der Waals surface area contributed by atoms with Gasteiger partial charge in [-0.15, -0.1) is 0 Å². The highest BCUT2D eigenvalue weighted by Gasteiger charge is 2.35. The predicted octanol–water partition coefficient (Wildman–Crippen LogP) is 10.7. The molecule has 1 aliphatic rings. The average Bonchev–Trinajstić information content (AvgIpc) is 3.35. The molecular formula is C38H73NO5. The van der Waals surface area contributed by atoms with Gasteiger partial charge in [0, 0.05) is 13.0 Å². The maximum absolute atomic E-state index is 13.1. The van der Waals surface area contributed by atoms with Crippen molar-refractivity contribution >= 4 is 11.9 Å². The number of esters is 1. The Morgan fingerprint density at radius 3 is 1.45 bits per heavy atom. The van der Waals surface area contributed by atoms with Crippen molar-refractivity contribution in [2.45, 2.75) is 207 Å². The van der Waals surface area contributed by atoms with Gasteiger partial charge in [0.05, 0.1) is 13.2 Å². The number of rotatable bonds is 31. The molecule has 0 saturated carbocycles. The lowest BCUT2D eigenvalue weighted by Crippen LogP contribution is -2.42. The maximum Gasteiger partial charge on any atom is 0.325 e. The molecule has 0 aromatic heterocycles. The normalized spacial score (nSPS) is 16.0. The number of amides is 1. The monoisotopic (exact) mass is 624 g/mol. The number of nitrogens with zero attached hydrogens (tertiary/aromatic N) is 1. The molecule has 1 unspecified atom stereocenters. The molecule has 44 heavy (non-hydrogen) atoms. The molecule has 0 spiro atoms. The third-order valence-electron chi connectivity index (χ3n) is 8.92. The summed E-state index contributed by atoms with van der Waals surface area (Å²) in [5, 5.41) is 0. The fourth-order valence-corrected chi connectivity index (χ4v) is 6.14. The molecule has 6 heteroatoms. The second kappa shape index (κ2) is 28.1. The van der Waals surface area contributed by atoms with Crippen LogP contribution in [0.2, 0.25) is 0 Å². The van der Waals surface area contributed by atoms with E-state index in [-0.39, 0.29) is 24.5 Å². The van der Waals surface area contributed by atoms with Crippen molar-refractivity contribution in [3.05, 3.63) is 0 Å². The molecule has 1 amide bonds. The van der Waals surface area contributed by atoms with Crippen LogP contribution in [0, 0.1) is 0 Å². The zero-order valence-electron chi connectivity index (χ0n) is 29.8. The van der Waals surface area contributed by atoms with Crippen molar-refractivity contribution in [1.29, 1.82) is 0 Å². The van der Waals surface area contributed by atoms with E-state index >= 15 is 0 Å². The van der Waals surface area contributed by atoms with E-state index in [1.807, 2.05) is 13.8 Å². The van der Waals surface area contributed by atoms with Crippen LogP contribution in [0.3, 0.4) is 0 Å². The first kappa shape index (κ1) is 40.9. The van der Waals surface area contributed by atoms with Crippen LogP contribution >= 0.6 is 0 Å². The minimum Gasteiger partial charge on any atom is -0.464 e. The van der Waals surface area contributed by atoms with Crippen molar-refractivity contribution in [3.8, 4) is 0 Å². The Hall–Kier alpha value is -1.14. The standard InChI is InChI=1S/C38H73NO5/c1-5-7-9-11-13-15-17-18-19-20-21-22-24-26-28-30-36(40)39(32-35-34-43-38(3,4)44-35)33-37(41)42-31-29-27-25-23-16-14-12-10-8-6-2/h35H,5-34H2,1-4H3. The van der Waals surface area contributed by atoms with Crippen molar-refractivity contribution < 1.29 is 23.8 Å². The highest BCUT2D eigenvalue weighted by Crippen LogP contribution is 2.23. The summed E-state index contributed by atoms with van der Waals surface area (Å²) in [7, 11) is 0. The van der Waals surface area contributed by atoms with Gasteiger partial charge in [0.15, 0.2) is 5.79 Å². The van der Waals surface area contributed by atoms with Crippen molar-refractivity contribution in [2.24, 2.45) is 0 Å². The minimum atomic E-state index is -0.649. The van der Waals surface area contributed by atoms with Gasteiger partial charge in [-0.3, -0.25) is 9.59 Å². The van der Waals surface area contributed by atoms with Gasteiger partial charge in [-0.05, 0) is 26.7 Å². The highest BCUT2D eigenvalue weighted by molar-refractivity contribution is 5.82. The topological polar surface area (TPSA) is 65.1 Å². The van der Waals surface area contributed by atoms with Gasteiger partial charge in [-0.25, -0.2) is 0 Å². The Balaban J connectivity index is 2.19. The van der Waals surface area contributed by atoms with Crippen LogP contribution in [0.4, 0.5) is 0 Å². The lowest BCUT2D eigenvalue weighted by molar-refractivity contribution is -0.154. The van der Waals surface area contributed by atoms with E-state index in [1.54, 1.807) is 4.90 Å². The average molecular weight is 624 g/mol. The summed E-state index contributed by atoms with van der Waals surface area (Å²) in [5.41, 5.74) is 0. The molecule has 6 nitrogen and oxygen atoms in total. The largest absolute Gasteiger partial charge is 0.464 e. The Labute approximate surface area is 273 Å². The van der Waals surface area contributed by atoms with Crippen LogP contribution in [0.15, 0.2) is 0 Å². The molecule has 0 N–H and O–H groups in total. The number of unbranched alkanes of at least 4 members (excludes halogenated alkanes) is 23. The summed E-state index contributed by atoms with van der Waals surface area (Å²) in [6.45, 7) is 9.53. The second-order valence-electron chi connectivity index (χ2n) is 13.8. The molecule has 0 radical (unpaired) electrons. The second-order valence-corrected chi connectivity index (χ2v) is 13.8. The molecule has 1 fully saturated rings. The van der Waals surface area contributed by atoms with E-state index in [0.717, 1.165) is 25.7 Å². The maximum atomic E-state index is 13.1. The third kappa shape index (κ3) is 24.1. The molecule has 1 atom stereocenters. The first-order chi connectivity index (χ1) is 21.4. The summed E-state index contributed by atoms with van der Waals surface area (Å²) in [6.07, 6.45) is 32.2. The molecule has 1 rings (SSSR count). The molecule has 0 aromatic rings.